The van der Waals surface area contributed by atoms with Crippen LogP contribution in [0.2, 0.25) is 0 Å². The van der Waals surface area contributed by atoms with Crippen molar-refractivity contribution in [2.75, 3.05) is 18.5 Å². The molecule has 0 saturated heterocycles. The normalized spacial score (nSPS) is 10.1. The van der Waals surface area contributed by atoms with Gasteiger partial charge in [-0.15, -0.1) is 0 Å². The molecule has 7 nitrogen and oxygen atoms in total. The number of para-hydroxylation sites is 1. The second kappa shape index (κ2) is 8.56. The van der Waals surface area contributed by atoms with Crippen molar-refractivity contribution in [2.24, 2.45) is 5.73 Å². The van der Waals surface area contributed by atoms with E-state index in [9.17, 15) is 23.2 Å². The van der Waals surface area contributed by atoms with Crippen LogP contribution in [0.1, 0.15) is 10.4 Å². The van der Waals surface area contributed by atoms with Gasteiger partial charge in [-0.3, -0.25) is 9.59 Å². The van der Waals surface area contributed by atoms with Gasteiger partial charge in [-0.05, 0) is 36.4 Å². The van der Waals surface area contributed by atoms with E-state index in [1.165, 1.54) is 24.3 Å². The summed E-state index contributed by atoms with van der Waals surface area (Å²) in [4.78, 5) is 34.1. The summed E-state index contributed by atoms with van der Waals surface area (Å²) in [6, 6.07) is 8.64. The lowest BCUT2D eigenvalue weighted by Crippen LogP contribution is -2.22. The van der Waals surface area contributed by atoms with Crippen LogP contribution in [-0.4, -0.2) is 31.0 Å². The van der Waals surface area contributed by atoms with Crippen LogP contribution in [-0.2, 0) is 14.3 Å². The molecule has 2 amide bonds. The Balaban J connectivity index is 1.87. The molecular weight excluding hydrogens is 350 g/mol. The molecule has 0 bridgehead atoms. The number of carbonyl (C=O) groups is 3. The van der Waals surface area contributed by atoms with Crippen molar-refractivity contribution in [2.45, 2.75) is 0 Å². The van der Waals surface area contributed by atoms with Gasteiger partial charge in [0.1, 0.15) is 23.1 Å². The lowest BCUT2D eigenvalue weighted by Gasteiger charge is -2.08. The molecule has 136 valence electrons. The largest absolute Gasteiger partial charge is 0.484 e. The number of hydrogen-bond acceptors (Lipinski definition) is 5. The number of benzene rings is 2. The van der Waals surface area contributed by atoms with Crippen LogP contribution < -0.4 is 15.8 Å². The predicted molar refractivity (Wildman–Crippen MR) is 86.4 cm³/mol. The number of amides is 2. The van der Waals surface area contributed by atoms with Gasteiger partial charge in [0.25, 0.3) is 11.8 Å². The van der Waals surface area contributed by atoms with E-state index >= 15 is 0 Å². The van der Waals surface area contributed by atoms with Crippen LogP contribution in [0.4, 0.5) is 14.5 Å². The average molecular weight is 364 g/mol. The lowest BCUT2D eigenvalue weighted by molar-refractivity contribution is -0.120. The van der Waals surface area contributed by atoms with Crippen molar-refractivity contribution in [3.05, 3.63) is 59.7 Å². The molecule has 0 aromatic heterocycles. The first kappa shape index (κ1) is 18.8. The van der Waals surface area contributed by atoms with Crippen molar-refractivity contribution in [1.82, 2.24) is 0 Å². The summed E-state index contributed by atoms with van der Waals surface area (Å²) in [6.07, 6.45) is 0. The van der Waals surface area contributed by atoms with E-state index in [4.69, 9.17) is 15.2 Å². The SMILES string of the molecule is NC(=O)COc1ccc(C(=O)OCC(=O)Nc2c(F)cccc2F)cc1. The molecule has 0 radical (unpaired) electrons. The number of nitrogens with one attached hydrogen (secondary N) is 1. The third kappa shape index (κ3) is 5.26. The van der Waals surface area contributed by atoms with Gasteiger partial charge in [-0.1, -0.05) is 6.07 Å². The first-order valence-corrected chi connectivity index (χ1v) is 7.29. The third-order valence-electron chi connectivity index (χ3n) is 3.03. The molecular formula is C17H14F2N2O5. The van der Waals surface area contributed by atoms with Gasteiger partial charge in [0.15, 0.2) is 13.2 Å². The highest BCUT2D eigenvalue weighted by atomic mass is 19.1. The standard InChI is InChI=1S/C17H14F2N2O5/c18-12-2-1-3-13(19)16(12)21-15(23)9-26-17(24)10-4-6-11(7-5-10)25-8-14(20)22/h1-7H,8-9H2,(H2,20,22)(H,21,23). The summed E-state index contributed by atoms with van der Waals surface area (Å²) in [7, 11) is 0. The van der Waals surface area contributed by atoms with E-state index < -0.39 is 41.7 Å². The van der Waals surface area contributed by atoms with Crippen LogP contribution in [0.3, 0.4) is 0 Å². The topological polar surface area (TPSA) is 108 Å². The van der Waals surface area contributed by atoms with Crippen LogP contribution in [0, 0.1) is 11.6 Å². The maximum absolute atomic E-state index is 13.4. The minimum absolute atomic E-state index is 0.112. The highest BCUT2D eigenvalue weighted by molar-refractivity contribution is 5.95. The number of primary amides is 1. The van der Waals surface area contributed by atoms with Crippen LogP contribution >= 0.6 is 0 Å². The zero-order valence-electron chi connectivity index (χ0n) is 13.3. The summed E-state index contributed by atoms with van der Waals surface area (Å²) < 4.78 is 36.6. The summed E-state index contributed by atoms with van der Waals surface area (Å²) in [5.41, 5.74) is 4.43. The quantitative estimate of drug-likeness (QED) is 0.726. The minimum Gasteiger partial charge on any atom is -0.484 e. The van der Waals surface area contributed by atoms with Gasteiger partial charge < -0.3 is 20.5 Å². The van der Waals surface area contributed by atoms with Crippen molar-refractivity contribution < 1.29 is 32.6 Å². The highest BCUT2D eigenvalue weighted by Crippen LogP contribution is 2.18. The summed E-state index contributed by atoms with van der Waals surface area (Å²) in [5, 5.41) is 1.99. The number of rotatable bonds is 7. The molecule has 9 heteroatoms. The van der Waals surface area contributed by atoms with Crippen molar-refractivity contribution in [3.8, 4) is 5.75 Å². The van der Waals surface area contributed by atoms with Gasteiger partial charge in [0.2, 0.25) is 0 Å². The van der Waals surface area contributed by atoms with E-state index in [-0.39, 0.29) is 12.2 Å². The van der Waals surface area contributed by atoms with Gasteiger partial charge in [-0.25, -0.2) is 13.6 Å². The number of anilines is 1. The summed E-state index contributed by atoms with van der Waals surface area (Å²) in [6.45, 7) is -1.04. The molecule has 0 spiro atoms. The lowest BCUT2D eigenvalue weighted by atomic mass is 10.2. The molecule has 0 heterocycles. The number of nitrogens with two attached hydrogens (primary N) is 1. The Kier molecular flexibility index (Phi) is 6.20. The first-order valence-electron chi connectivity index (χ1n) is 7.29. The molecule has 0 aliphatic heterocycles. The Morgan fingerprint density at radius 3 is 2.15 bits per heavy atom. The predicted octanol–water partition coefficient (Wildman–Crippen LogP) is 1.62. The van der Waals surface area contributed by atoms with Crippen LogP contribution in [0.15, 0.2) is 42.5 Å². The fourth-order valence-electron chi connectivity index (χ4n) is 1.85. The smallest absolute Gasteiger partial charge is 0.338 e. The number of halogens is 2. The summed E-state index contributed by atoms with van der Waals surface area (Å²) >= 11 is 0. The van der Waals surface area contributed by atoms with E-state index in [1.807, 2.05) is 5.32 Å². The minimum atomic E-state index is -0.948. The molecule has 2 rings (SSSR count). The number of carbonyl (C=O) groups excluding carboxylic acids is 3. The molecule has 3 N–H and O–H groups in total. The number of esters is 1. The molecule has 0 aliphatic rings. The first-order chi connectivity index (χ1) is 12.4. The molecule has 2 aromatic rings. The van der Waals surface area contributed by atoms with E-state index in [0.29, 0.717) is 5.75 Å². The van der Waals surface area contributed by atoms with Crippen molar-refractivity contribution in [3.63, 3.8) is 0 Å². The second-order valence-electron chi connectivity index (χ2n) is 5.00. The highest BCUT2D eigenvalue weighted by Gasteiger charge is 2.14. The van der Waals surface area contributed by atoms with E-state index in [2.05, 4.69) is 0 Å². The van der Waals surface area contributed by atoms with Gasteiger partial charge in [0, 0.05) is 0 Å². The maximum atomic E-state index is 13.4. The second-order valence-corrected chi connectivity index (χ2v) is 5.00. The Labute approximate surface area is 146 Å². The van der Waals surface area contributed by atoms with Crippen molar-refractivity contribution >= 4 is 23.5 Å². The van der Waals surface area contributed by atoms with Crippen LogP contribution in [0.5, 0.6) is 5.75 Å². The van der Waals surface area contributed by atoms with Crippen molar-refractivity contribution in [1.29, 1.82) is 0 Å². The van der Waals surface area contributed by atoms with Crippen LogP contribution in [0.25, 0.3) is 0 Å². The molecule has 0 atom stereocenters. The summed E-state index contributed by atoms with van der Waals surface area (Å²) in [5.74, 6) is -3.95. The third-order valence-corrected chi connectivity index (χ3v) is 3.03. The van der Waals surface area contributed by atoms with E-state index in [0.717, 1.165) is 18.2 Å². The zero-order chi connectivity index (χ0) is 19.1. The number of hydrogen-bond donors (Lipinski definition) is 2. The van der Waals surface area contributed by atoms with E-state index in [1.54, 1.807) is 0 Å². The molecule has 2 aromatic carbocycles. The Bertz CT molecular complexity index is 804. The maximum Gasteiger partial charge on any atom is 0.338 e. The monoisotopic (exact) mass is 364 g/mol. The molecule has 0 unspecified atom stereocenters. The Morgan fingerprint density at radius 2 is 1.58 bits per heavy atom. The average Bonchev–Trinajstić information content (AvgIpc) is 2.61. The molecule has 26 heavy (non-hydrogen) atoms. The van der Waals surface area contributed by atoms with Gasteiger partial charge in [0.05, 0.1) is 5.56 Å². The molecule has 0 aliphatic carbocycles. The fourth-order valence-corrected chi connectivity index (χ4v) is 1.85. The number of ether oxygens (including phenoxy) is 2. The zero-order valence-corrected chi connectivity index (χ0v) is 13.3. The molecule has 0 saturated carbocycles. The Morgan fingerprint density at radius 1 is 0.962 bits per heavy atom. The molecule has 0 fully saturated rings. The van der Waals surface area contributed by atoms with Gasteiger partial charge in [-0.2, -0.15) is 0 Å². The van der Waals surface area contributed by atoms with Gasteiger partial charge >= 0.3 is 5.97 Å². The Hall–Kier alpha value is -3.49. The fraction of sp³-hybridized carbons (Fsp3) is 0.118.